The fourth-order valence-corrected chi connectivity index (χ4v) is 4.56. The van der Waals surface area contributed by atoms with Crippen molar-refractivity contribution in [2.45, 2.75) is 20.8 Å². The van der Waals surface area contributed by atoms with E-state index < -0.39 is 11.7 Å². The van der Waals surface area contributed by atoms with E-state index in [1.54, 1.807) is 23.7 Å². The lowest BCUT2D eigenvalue weighted by Crippen LogP contribution is -2.25. The number of anilines is 2. The topological polar surface area (TPSA) is 85.2 Å². The van der Waals surface area contributed by atoms with Crippen LogP contribution in [0, 0.1) is 20.8 Å². The highest BCUT2D eigenvalue weighted by atomic mass is 32.1. The molecule has 180 valence electrons. The minimum Gasteiger partial charge on any atom is -0.476 e. The van der Waals surface area contributed by atoms with Gasteiger partial charge in [-0.2, -0.15) is 0 Å². The van der Waals surface area contributed by atoms with E-state index in [2.05, 4.69) is 15.6 Å². The minimum atomic E-state index is -0.668. The number of Topliss-reactive ketones (excluding diaryl/α,β-unsaturated/α-hetero) is 1. The van der Waals surface area contributed by atoms with E-state index in [9.17, 15) is 9.59 Å². The average Bonchev–Trinajstić information content (AvgIpc) is 3.45. The third-order valence-corrected chi connectivity index (χ3v) is 6.48. The summed E-state index contributed by atoms with van der Waals surface area (Å²) in [5.41, 5.74) is 5.54. The first-order valence-corrected chi connectivity index (χ1v) is 12.2. The zero-order valence-electron chi connectivity index (χ0n) is 20.2. The van der Waals surface area contributed by atoms with Gasteiger partial charge in [0.2, 0.25) is 5.88 Å². The molecule has 3 aromatic heterocycles. The number of pyridine rings is 1. The molecule has 0 unspecified atom stereocenters. The fraction of sp³-hybridized carbons (Fsp3) is 0.222. The van der Waals surface area contributed by atoms with Gasteiger partial charge in [-0.25, -0.2) is 4.98 Å². The lowest BCUT2D eigenvalue weighted by molar-refractivity contribution is -0.112. The molecule has 1 amide bonds. The van der Waals surface area contributed by atoms with Crippen LogP contribution in [0.25, 0.3) is 10.4 Å². The minimum absolute atomic E-state index is 0.388. The molecule has 4 rings (SSSR count). The number of nitrogens with zero attached hydrogens (tertiary/aromatic N) is 2. The summed E-state index contributed by atoms with van der Waals surface area (Å²) in [5.74, 6) is -0.620. The number of aryl methyl sites for hydroxylation is 3. The first-order chi connectivity index (χ1) is 16.8. The molecule has 1 aromatic carbocycles. The largest absolute Gasteiger partial charge is 0.476 e. The highest BCUT2D eigenvalue weighted by Gasteiger charge is 2.25. The number of ketones is 1. The Morgan fingerprint density at radius 1 is 1.03 bits per heavy atom. The Labute approximate surface area is 208 Å². The summed E-state index contributed by atoms with van der Waals surface area (Å²) in [6.45, 7) is 6.93. The van der Waals surface area contributed by atoms with Crippen LogP contribution in [0.2, 0.25) is 0 Å². The number of amides is 1. The third kappa shape index (κ3) is 5.78. The zero-order chi connectivity index (χ0) is 24.9. The second kappa shape index (κ2) is 10.6. The second-order valence-corrected chi connectivity index (χ2v) is 9.29. The van der Waals surface area contributed by atoms with Gasteiger partial charge in [0.1, 0.15) is 12.3 Å². The molecule has 0 aliphatic rings. The van der Waals surface area contributed by atoms with Gasteiger partial charge in [-0.3, -0.25) is 9.59 Å². The van der Waals surface area contributed by atoms with Crippen LogP contribution in [0.4, 0.5) is 11.4 Å². The van der Waals surface area contributed by atoms with Crippen molar-refractivity contribution in [3.63, 3.8) is 0 Å². The normalized spacial score (nSPS) is 10.7. The van der Waals surface area contributed by atoms with E-state index in [0.29, 0.717) is 30.4 Å². The molecule has 0 fully saturated rings. The van der Waals surface area contributed by atoms with Crippen LogP contribution in [-0.2, 0) is 11.8 Å². The Balaban J connectivity index is 1.33. The summed E-state index contributed by atoms with van der Waals surface area (Å²) in [6.07, 6.45) is 0. The van der Waals surface area contributed by atoms with Gasteiger partial charge in [0.05, 0.1) is 0 Å². The molecule has 0 spiro atoms. The molecular formula is C27H28N4O3S. The molecule has 2 N–H and O–H groups in total. The maximum atomic E-state index is 13.0. The van der Waals surface area contributed by atoms with E-state index in [1.807, 2.05) is 68.6 Å². The molecule has 0 radical (unpaired) electrons. The van der Waals surface area contributed by atoms with E-state index in [-0.39, 0.29) is 0 Å². The summed E-state index contributed by atoms with van der Waals surface area (Å²) in [5, 5.41) is 7.94. The standard InChI is InChI=1S/C27H28N4O3S/c1-17-14-18(2)29-24(15-17)34-12-11-28-20-7-9-21(10-8-20)30-27(33)26(32)25-22(16-19(3)31(25)4)23-6-5-13-35-23/h5-10,13-16,28H,11-12H2,1-4H3,(H,30,33). The zero-order valence-corrected chi connectivity index (χ0v) is 21.0. The summed E-state index contributed by atoms with van der Waals surface area (Å²) in [4.78, 5) is 31.1. The maximum Gasteiger partial charge on any atom is 0.298 e. The molecular weight excluding hydrogens is 460 g/mol. The molecule has 0 bridgehead atoms. The van der Waals surface area contributed by atoms with Crippen molar-refractivity contribution in [1.82, 2.24) is 9.55 Å². The number of ether oxygens (including phenoxy) is 1. The van der Waals surface area contributed by atoms with Crippen molar-refractivity contribution >= 4 is 34.4 Å². The Hall–Kier alpha value is -3.91. The van der Waals surface area contributed by atoms with Crippen LogP contribution in [-0.4, -0.2) is 34.4 Å². The monoisotopic (exact) mass is 488 g/mol. The van der Waals surface area contributed by atoms with Gasteiger partial charge in [0, 0.05) is 52.9 Å². The molecule has 0 saturated heterocycles. The van der Waals surface area contributed by atoms with Crippen LogP contribution in [0.15, 0.2) is 60.0 Å². The maximum absolute atomic E-state index is 13.0. The number of benzene rings is 1. The molecule has 8 heteroatoms. The summed E-state index contributed by atoms with van der Waals surface area (Å²) in [7, 11) is 1.80. The first-order valence-electron chi connectivity index (χ1n) is 11.3. The number of hydrogen-bond donors (Lipinski definition) is 2. The number of rotatable bonds is 9. The number of thiophene rings is 1. The number of carbonyl (C=O) groups is 2. The predicted molar refractivity (Wildman–Crippen MR) is 141 cm³/mol. The lowest BCUT2D eigenvalue weighted by atomic mass is 10.1. The van der Waals surface area contributed by atoms with Gasteiger partial charge in [-0.1, -0.05) is 6.07 Å². The van der Waals surface area contributed by atoms with E-state index >= 15 is 0 Å². The Kier molecular flexibility index (Phi) is 7.31. The van der Waals surface area contributed by atoms with Gasteiger partial charge in [0.25, 0.3) is 11.7 Å². The van der Waals surface area contributed by atoms with Crippen LogP contribution in [0.3, 0.4) is 0 Å². The summed E-state index contributed by atoms with van der Waals surface area (Å²) in [6, 6.07) is 16.9. The number of nitrogens with one attached hydrogen (secondary N) is 2. The van der Waals surface area contributed by atoms with Crippen molar-refractivity contribution in [3.8, 4) is 16.3 Å². The number of carbonyl (C=O) groups excluding carboxylic acids is 2. The molecule has 3 heterocycles. The second-order valence-electron chi connectivity index (χ2n) is 8.34. The van der Waals surface area contributed by atoms with Crippen molar-refractivity contribution < 1.29 is 14.3 Å². The van der Waals surface area contributed by atoms with E-state index in [0.717, 1.165) is 33.1 Å². The molecule has 4 aromatic rings. The smallest absolute Gasteiger partial charge is 0.298 e. The molecule has 0 aliphatic carbocycles. The Morgan fingerprint density at radius 3 is 2.46 bits per heavy atom. The first kappa shape index (κ1) is 24.2. The Bertz CT molecular complexity index is 1320. The van der Waals surface area contributed by atoms with Crippen LogP contribution < -0.4 is 15.4 Å². The van der Waals surface area contributed by atoms with Gasteiger partial charge >= 0.3 is 0 Å². The SMILES string of the molecule is Cc1cc(C)nc(OCCNc2ccc(NC(=O)C(=O)c3c(-c4cccs4)cc(C)n3C)cc2)c1. The van der Waals surface area contributed by atoms with Gasteiger partial charge in [0.15, 0.2) is 0 Å². The molecule has 7 nitrogen and oxygen atoms in total. The molecule has 0 atom stereocenters. The molecule has 0 aliphatic heterocycles. The number of hydrogen-bond acceptors (Lipinski definition) is 6. The molecule has 35 heavy (non-hydrogen) atoms. The van der Waals surface area contributed by atoms with Gasteiger partial charge in [-0.15, -0.1) is 11.3 Å². The van der Waals surface area contributed by atoms with Crippen LogP contribution >= 0.6 is 11.3 Å². The van der Waals surface area contributed by atoms with Gasteiger partial charge in [-0.05, 0) is 74.2 Å². The highest BCUT2D eigenvalue weighted by molar-refractivity contribution is 7.13. The molecule has 0 saturated carbocycles. The highest BCUT2D eigenvalue weighted by Crippen LogP contribution is 2.31. The van der Waals surface area contributed by atoms with Crippen LogP contribution in [0.5, 0.6) is 5.88 Å². The van der Waals surface area contributed by atoms with E-state index in [4.69, 9.17) is 4.74 Å². The third-order valence-electron chi connectivity index (χ3n) is 5.58. The van der Waals surface area contributed by atoms with Crippen molar-refractivity contribution in [2.75, 3.05) is 23.8 Å². The van der Waals surface area contributed by atoms with Crippen molar-refractivity contribution in [3.05, 3.63) is 82.6 Å². The number of aromatic nitrogens is 2. The van der Waals surface area contributed by atoms with E-state index in [1.165, 1.54) is 11.3 Å². The van der Waals surface area contributed by atoms with Crippen molar-refractivity contribution in [2.24, 2.45) is 7.05 Å². The fourth-order valence-electron chi connectivity index (χ4n) is 3.82. The van der Waals surface area contributed by atoms with Gasteiger partial charge < -0.3 is 19.9 Å². The quantitative estimate of drug-likeness (QED) is 0.188. The average molecular weight is 489 g/mol. The van der Waals surface area contributed by atoms with Crippen LogP contribution in [0.1, 0.15) is 27.4 Å². The lowest BCUT2D eigenvalue weighted by Gasteiger charge is -2.11. The summed E-state index contributed by atoms with van der Waals surface area (Å²) >= 11 is 1.54. The summed E-state index contributed by atoms with van der Waals surface area (Å²) < 4.78 is 7.48. The Morgan fingerprint density at radius 2 is 1.77 bits per heavy atom. The van der Waals surface area contributed by atoms with Crippen molar-refractivity contribution in [1.29, 1.82) is 0 Å². The predicted octanol–water partition coefficient (Wildman–Crippen LogP) is 5.39.